The second kappa shape index (κ2) is 12.3. The SMILES string of the molecule is COc1ccc(C(=O)NCc2nnc(SCC(=O)Nc3nccs3)n2-c2ccc(Cl)c(Cl)c2)cc1OC. The summed E-state index contributed by atoms with van der Waals surface area (Å²) >= 11 is 14.8. The Balaban J connectivity index is 1.54. The van der Waals surface area contributed by atoms with Crippen molar-refractivity contribution in [3.63, 3.8) is 0 Å². The monoisotopic (exact) mass is 578 g/mol. The van der Waals surface area contributed by atoms with E-state index in [1.54, 1.807) is 52.5 Å². The van der Waals surface area contributed by atoms with E-state index in [2.05, 4.69) is 25.8 Å². The third-order valence-corrected chi connectivity index (χ3v) is 7.28. The smallest absolute Gasteiger partial charge is 0.251 e. The Labute approximate surface area is 230 Å². The van der Waals surface area contributed by atoms with Crippen LogP contribution in [0, 0.1) is 0 Å². The summed E-state index contributed by atoms with van der Waals surface area (Å²) in [4.78, 5) is 29.3. The molecule has 0 atom stereocenters. The van der Waals surface area contributed by atoms with Gasteiger partial charge in [0.2, 0.25) is 5.91 Å². The molecule has 0 bridgehead atoms. The van der Waals surface area contributed by atoms with Gasteiger partial charge in [-0.2, -0.15) is 0 Å². The van der Waals surface area contributed by atoms with E-state index in [1.807, 2.05) is 0 Å². The Morgan fingerprint density at radius 3 is 2.57 bits per heavy atom. The number of ether oxygens (including phenoxy) is 2. The first kappa shape index (κ1) is 26.7. The van der Waals surface area contributed by atoms with Crippen molar-refractivity contribution in [2.24, 2.45) is 0 Å². The van der Waals surface area contributed by atoms with Crippen LogP contribution in [0.4, 0.5) is 5.13 Å². The molecule has 0 spiro atoms. The number of carbonyl (C=O) groups excluding carboxylic acids is 2. The second-order valence-corrected chi connectivity index (χ2v) is 9.91. The number of hydrogen-bond donors (Lipinski definition) is 2. The van der Waals surface area contributed by atoms with Crippen molar-refractivity contribution < 1.29 is 19.1 Å². The predicted octanol–water partition coefficient (Wildman–Crippen LogP) is 4.71. The Kier molecular flexibility index (Phi) is 8.87. The zero-order valence-electron chi connectivity index (χ0n) is 19.5. The normalized spacial score (nSPS) is 10.7. The molecule has 4 rings (SSSR count). The lowest BCUT2D eigenvalue weighted by molar-refractivity contribution is -0.113. The van der Waals surface area contributed by atoms with E-state index in [0.717, 1.165) is 0 Å². The highest BCUT2D eigenvalue weighted by Gasteiger charge is 2.19. The van der Waals surface area contributed by atoms with E-state index in [1.165, 1.54) is 37.3 Å². The Hall–Kier alpha value is -3.32. The number of amides is 2. The average molecular weight is 579 g/mol. The molecule has 0 aliphatic rings. The van der Waals surface area contributed by atoms with Crippen LogP contribution < -0.4 is 20.1 Å². The van der Waals surface area contributed by atoms with Crippen molar-refractivity contribution in [1.82, 2.24) is 25.1 Å². The van der Waals surface area contributed by atoms with Gasteiger partial charge in [0, 0.05) is 17.1 Å². The van der Waals surface area contributed by atoms with E-state index < -0.39 is 0 Å². The van der Waals surface area contributed by atoms with E-state index in [-0.39, 0.29) is 24.1 Å². The number of thiazole rings is 1. The Bertz CT molecular complexity index is 1410. The molecular formula is C23H20Cl2N6O4S2. The Morgan fingerprint density at radius 1 is 1.05 bits per heavy atom. The van der Waals surface area contributed by atoms with Gasteiger partial charge in [-0.3, -0.25) is 14.2 Å². The third-order valence-electron chi connectivity index (χ3n) is 4.93. The van der Waals surface area contributed by atoms with Gasteiger partial charge in [0.05, 0.1) is 42.2 Å². The number of rotatable bonds is 10. The van der Waals surface area contributed by atoms with Gasteiger partial charge in [-0.25, -0.2) is 4.98 Å². The first-order chi connectivity index (χ1) is 17.9. The molecule has 37 heavy (non-hydrogen) atoms. The summed E-state index contributed by atoms with van der Waals surface area (Å²) in [7, 11) is 3.02. The standard InChI is InChI=1S/C23H20Cl2N6O4S2/c1-34-17-6-3-13(9-18(17)35-2)21(33)27-11-19-29-30-23(31(19)14-4-5-15(24)16(25)10-14)37-12-20(32)28-22-26-7-8-36-22/h3-10H,11-12H2,1-2H3,(H,27,33)(H,26,28,32). The van der Waals surface area contributed by atoms with Crippen molar-refractivity contribution in [2.45, 2.75) is 11.7 Å². The van der Waals surface area contributed by atoms with Crippen LogP contribution in [-0.4, -0.2) is 51.5 Å². The topological polar surface area (TPSA) is 120 Å². The van der Waals surface area contributed by atoms with Crippen molar-refractivity contribution in [1.29, 1.82) is 0 Å². The first-order valence-corrected chi connectivity index (χ1v) is 13.2. The molecule has 0 saturated heterocycles. The fourth-order valence-electron chi connectivity index (χ4n) is 3.20. The maximum absolute atomic E-state index is 12.8. The van der Waals surface area contributed by atoms with Gasteiger partial charge < -0.3 is 20.1 Å². The van der Waals surface area contributed by atoms with Crippen molar-refractivity contribution in [3.8, 4) is 17.2 Å². The number of benzene rings is 2. The van der Waals surface area contributed by atoms with Crippen molar-refractivity contribution in [3.05, 3.63) is 69.4 Å². The molecule has 192 valence electrons. The summed E-state index contributed by atoms with van der Waals surface area (Å²) in [5, 5.41) is 17.5. The highest BCUT2D eigenvalue weighted by molar-refractivity contribution is 7.99. The molecular weight excluding hydrogens is 559 g/mol. The zero-order valence-corrected chi connectivity index (χ0v) is 22.7. The molecule has 10 nitrogen and oxygen atoms in total. The van der Waals surface area contributed by atoms with Gasteiger partial charge in [-0.05, 0) is 36.4 Å². The van der Waals surface area contributed by atoms with Crippen LogP contribution in [0.3, 0.4) is 0 Å². The van der Waals surface area contributed by atoms with Crippen LogP contribution in [-0.2, 0) is 11.3 Å². The predicted molar refractivity (Wildman–Crippen MR) is 144 cm³/mol. The third kappa shape index (κ3) is 6.52. The van der Waals surface area contributed by atoms with E-state index in [0.29, 0.717) is 48.9 Å². The van der Waals surface area contributed by atoms with Crippen LogP contribution in [0.1, 0.15) is 16.2 Å². The van der Waals surface area contributed by atoms with E-state index in [9.17, 15) is 9.59 Å². The van der Waals surface area contributed by atoms with Gasteiger partial charge >= 0.3 is 0 Å². The number of aromatic nitrogens is 4. The number of nitrogens with zero attached hydrogens (tertiary/aromatic N) is 4. The highest BCUT2D eigenvalue weighted by Crippen LogP contribution is 2.29. The number of anilines is 1. The number of hydrogen-bond acceptors (Lipinski definition) is 9. The lowest BCUT2D eigenvalue weighted by Crippen LogP contribution is -2.24. The molecule has 0 saturated carbocycles. The molecule has 2 amide bonds. The first-order valence-electron chi connectivity index (χ1n) is 10.6. The lowest BCUT2D eigenvalue weighted by atomic mass is 10.2. The fraction of sp³-hybridized carbons (Fsp3) is 0.174. The van der Waals surface area contributed by atoms with Crippen LogP contribution in [0.25, 0.3) is 5.69 Å². The van der Waals surface area contributed by atoms with Crippen LogP contribution in [0.15, 0.2) is 53.1 Å². The minimum atomic E-state index is -0.346. The minimum Gasteiger partial charge on any atom is -0.493 e. The molecule has 0 radical (unpaired) electrons. The number of nitrogens with one attached hydrogen (secondary N) is 2. The summed E-state index contributed by atoms with van der Waals surface area (Å²) in [5.41, 5.74) is 1.00. The largest absolute Gasteiger partial charge is 0.493 e. The summed E-state index contributed by atoms with van der Waals surface area (Å²) in [5.74, 6) is 0.850. The fourth-order valence-corrected chi connectivity index (χ4v) is 4.81. The van der Waals surface area contributed by atoms with Crippen LogP contribution >= 0.6 is 46.3 Å². The highest BCUT2D eigenvalue weighted by atomic mass is 35.5. The van der Waals surface area contributed by atoms with Gasteiger partial charge in [0.15, 0.2) is 27.6 Å². The van der Waals surface area contributed by atoms with Gasteiger partial charge in [-0.1, -0.05) is 35.0 Å². The van der Waals surface area contributed by atoms with E-state index in [4.69, 9.17) is 32.7 Å². The van der Waals surface area contributed by atoms with Gasteiger partial charge in [0.25, 0.3) is 5.91 Å². The molecule has 0 aliphatic heterocycles. The molecule has 2 N–H and O–H groups in total. The van der Waals surface area contributed by atoms with Crippen molar-refractivity contribution in [2.75, 3.05) is 25.3 Å². The number of thioether (sulfide) groups is 1. The summed E-state index contributed by atoms with van der Waals surface area (Å²) in [6, 6.07) is 9.92. The zero-order chi connectivity index (χ0) is 26.4. The average Bonchev–Trinajstić information content (AvgIpc) is 3.57. The summed E-state index contributed by atoms with van der Waals surface area (Å²) in [6.45, 7) is 0.0479. The van der Waals surface area contributed by atoms with Crippen molar-refractivity contribution >= 4 is 63.2 Å². The second-order valence-electron chi connectivity index (χ2n) is 7.26. The van der Waals surface area contributed by atoms with Crippen LogP contribution in [0.2, 0.25) is 10.0 Å². The number of halogens is 2. The number of carbonyl (C=O) groups is 2. The number of methoxy groups -OCH3 is 2. The molecule has 0 fully saturated rings. The molecule has 14 heteroatoms. The molecule has 0 unspecified atom stereocenters. The lowest BCUT2D eigenvalue weighted by Gasteiger charge is -2.12. The molecule has 2 heterocycles. The quantitative estimate of drug-likeness (QED) is 0.259. The molecule has 4 aromatic rings. The molecule has 2 aromatic carbocycles. The van der Waals surface area contributed by atoms with Crippen LogP contribution in [0.5, 0.6) is 11.5 Å². The van der Waals surface area contributed by atoms with Gasteiger partial charge in [-0.15, -0.1) is 21.5 Å². The maximum Gasteiger partial charge on any atom is 0.251 e. The Morgan fingerprint density at radius 2 is 1.86 bits per heavy atom. The maximum atomic E-state index is 12.8. The van der Waals surface area contributed by atoms with Gasteiger partial charge in [0.1, 0.15) is 0 Å². The minimum absolute atomic E-state index is 0.0479. The van der Waals surface area contributed by atoms with E-state index >= 15 is 0 Å². The molecule has 0 aliphatic carbocycles. The molecule has 2 aromatic heterocycles. The summed E-state index contributed by atoms with van der Waals surface area (Å²) < 4.78 is 12.2. The summed E-state index contributed by atoms with van der Waals surface area (Å²) in [6.07, 6.45) is 1.61.